The number of nitrogens with zero attached hydrogens (tertiary/aromatic N) is 4. The van der Waals surface area contributed by atoms with Gasteiger partial charge < -0.3 is 13.4 Å². The van der Waals surface area contributed by atoms with Crippen LogP contribution in [0.25, 0.3) is 111 Å². The van der Waals surface area contributed by atoms with Crippen LogP contribution in [0, 0.1) is 12.3 Å². The van der Waals surface area contributed by atoms with Crippen molar-refractivity contribution in [3.63, 3.8) is 0 Å². The molecule has 0 saturated carbocycles. The summed E-state index contributed by atoms with van der Waals surface area (Å²) in [5, 5.41) is 6.29. The Balaban J connectivity index is 1.19. The van der Waals surface area contributed by atoms with Crippen LogP contribution in [-0.2, 0) is 0 Å². The van der Waals surface area contributed by atoms with E-state index in [9.17, 15) is 0 Å². The molecule has 4 heterocycles. The van der Waals surface area contributed by atoms with Gasteiger partial charge in [0.1, 0.15) is 22.3 Å². The molecule has 4 aromatic heterocycles. The molecule has 0 atom stereocenters. The number of hydrogen-bond acceptors (Lipinski definition) is 5. The molecule has 11 aromatic rings. The maximum Gasteiger partial charge on any atom is 0.166 e. The standard InChI is InChI=1S/C52H32N4O2/c1-3-4-5-15-32(2)33-16-12-17-35(30-33)56-43-24-9-6-18-36(43)39-21-13-23-42(49(39)56)52-54-50(34-28-29-38-37-19-7-10-25-44(37)58-47(38)31-34)53-51(55-52)41-22-14-27-46-48(41)40-20-8-11-26-45(40)57-46/h1,4-31H,2H3/b5-4-,32-15+. The molecule has 7 aromatic carbocycles. The van der Waals surface area contributed by atoms with Crippen molar-refractivity contribution in [2.75, 3.05) is 0 Å². The minimum atomic E-state index is 0.537. The number of fused-ring (bicyclic) bond motifs is 9. The average molecular weight is 745 g/mol. The topological polar surface area (TPSA) is 69.9 Å². The predicted octanol–water partition coefficient (Wildman–Crippen LogP) is 13.4. The zero-order valence-corrected chi connectivity index (χ0v) is 31.3. The third-order valence-corrected chi connectivity index (χ3v) is 10.9. The Morgan fingerprint density at radius 2 is 1.21 bits per heavy atom. The minimum absolute atomic E-state index is 0.537. The van der Waals surface area contributed by atoms with Crippen molar-refractivity contribution in [1.29, 1.82) is 0 Å². The molecule has 0 radical (unpaired) electrons. The van der Waals surface area contributed by atoms with E-state index in [4.69, 9.17) is 30.2 Å². The first kappa shape index (κ1) is 33.3. The van der Waals surface area contributed by atoms with Crippen molar-refractivity contribution < 1.29 is 8.83 Å². The van der Waals surface area contributed by atoms with Crippen LogP contribution in [0.1, 0.15) is 12.5 Å². The molecule has 0 fully saturated rings. The highest BCUT2D eigenvalue weighted by Crippen LogP contribution is 2.41. The van der Waals surface area contributed by atoms with Gasteiger partial charge >= 0.3 is 0 Å². The van der Waals surface area contributed by atoms with Crippen molar-refractivity contribution in [3.05, 3.63) is 175 Å². The van der Waals surface area contributed by atoms with Crippen molar-refractivity contribution in [1.82, 2.24) is 19.5 Å². The first-order valence-corrected chi connectivity index (χ1v) is 19.1. The van der Waals surface area contributed by atoms with Crippen LogP contribution in [0.15, 0.2) is 179 Å². The number of furan rings is 2. The molecule has 58 heavy (non-hydrogen) atoms. The molecule has 0 N–H and O–H groups in total. The second kappa shape index (κ2) is 13.3. The van der Waals surface area contributed by atoms with Gasteiger partial charge in [-0.05, 0) is 78.7 Å². The monoisotopic (exact) mass is 744 g/mol. The van der Waals surface area contributed by atoms with Gasteiger partial charge in [-0.2, -0.15) is 0 Å². The van der Waals surface area contributed by atoms with E-state index < -0.39 is 0 Å². The number of hydrogen-bond donors (Lipinski definition) is 0. The number of allylic oxidation sites excluding steroid dienone is 4. The molecule has 0 aliphatic rings. The van der Waals surface area contributed by atoms with Crippen LogP contribution >= 0.6 is 0 Å². The summed E-state index contributed by atoms with van der Waals surface area (Å²) in [5.41, 5.74) is 11.0. The van der Waals surface area contributed by atoms with Gasteiger partial charge in [-0.25, -0.2) is 15.0 Å². The fraction of sp³-hybridized carbons (Fsp3) is 0.0192. The third kappa shape index (κ3) is 5.33. The number of aromatic nitrogens is 4. The zero-order chi connectivity index (χ0) is 38.7. The first-order chi connectivity index (χ1) is 28.6. The summed E-state index contributed by atoms with van der Waals surface area (Å²) in [5.74, 6) is 4.21. The van der Waals surface area contributed by atoms with Crippen LogP contribution in [-0.4, -0.2) is 19.5 Å². The summed E-state index contributed by atoms with van der Waals surface area (Å²) in [6, 6.07) is 51.9. The Morgan fingerprint density at radius 1 is 0.569 bits per heavy atom. The van der Waals surface area contributed by atoms with E-state index >= 15 is 0 Å². The Morgan fingerprint density at radius 3 is 2.07 bits per heavy atom. The lowest BCUT2D eigenvalue weighted by Gasteiger charge is -2.14. The van der Waals surface area contributed by atoms with Gasteiger partial charge in [-0.3, -0.25) is 0 Å². The third-order valence-electron chi connectivity index (χ3n) is 10.9. The van der Waals surface area contributed by atoms with Gasteiger partial charge in [0.15, 0.2) is 17.5 Å². The quantitative estimate of drug-likeness (QED) is 0.125. The lowest BCUT2D eigenvalue weighted by Crippen LogP contribution is -2.02. The Bertz CT molecular complexity index is 3550. The normalized spacial score (nSPS) is 12.2. The minimum Gasteiger partial charge on any atom is -0.456 e. The van der Waals surface area contributed by atoms with Crippen molar-refractivity contribution >= 4 is 71.3 Å². The summed E-state index contributed by atoms with van der Waals surface area (Å²) in [6.45, 7) is 2.09. The van der Waals surface area contributed by atoms with E-state index in [1.807, 2.05) is 66.7 Å². The second-order valence-corrected chi connectivity index (χ2v) is 14.4. The average Bonchev–Trinajstić information content (AvgIpc) is 3.96. The van der Waals surface area contributed by atoms with Crippen molar-refractivity contribution in [2.45, 2.75) is 6.92 Å². The van der Waals surface area contributed by atoms with E-state index in [1.54, 1.807) is 6.08 Å². The van der Waals surface area contributed by atoms with Gasteiger partial charge in [-0.1, -0.05) is 115 Å². The maximum atomic E-state index is 6.35. The number of para-hydroxylation sites is 4. The molecular weight excluding hydrogens is 713 g/mol. The lowest BCUT2D eigenvalue weighted by atomic mass is 10.0. The van der Waals surface area contributed by atoms with E-state index in [0.29, 0.717) is 17.5 Å². The van der Waals surface area contributed by atoms with Gasteiger partial charge in [0.05, 0.1) is 11.0 Å². The Labute approximate surface area is 333 Å². The second-order valence-electron chi connectivity index (χ2n) is 14.4. The molecule has 0 aliphatic heterocycles. The summed E-state index contributed by atoms with van der Waals surface area (Å²) >= 11 is 0. The van der Waals surface area contributed by atoms with Crippen LogP contribution < -0.4 is 0 Å². The van der Waals surface area contributed by atoms with Crippen molar-refractivity contribution in [2.24, 2.45) is 0 Å². The molecule has 0 amide bonds. The van der Waals surface area contributed by atoms with E-state index in [-0.39, 0.29) is 0 Å². The smallest absolute Gasteiger partial charge is 0.166 e. The number of benzene rings is 7. The predicted molar refractivity (Wildman–Crippen MR) is 237 cm³/mol. The lowest BCUT2D eigenvalue weighted by molar-refractivity contribution is 0.668. The summed E-state index contributed by atoms with van der Waals surface area (Å²) in [6.07, 6.45) is 11.1. The van der Waals surface area contributed by atoms with E-state index in [0.717, 1.165) is 99.2 Å². The highest BCUT2D eigenvalue weighted by molar-refractivity contribution is 6.14. The molecule has 0 unspecified atom stereocenters. The number of rotatable bonds is 6. The maximum absolute atomic E-state index is 6.35. The summed E-state index contributed by atoms with van der Waals surface area (Å²) in [4.78, 5) is 15.9. The Hall–Kier alpha value is -8.01. The van der Waals surface area contributed by atoms with Gasteiger partial charge in [0.2, 0.25) is 0 Å². The molecule has 6 heteroatoms. The highest BCUT2D eigenvalue weighted by Gasteiger charge is 2.22. The van der Waals surface area contributed by atoms with E-state index in [1.165, 1.54) is 0 Å². The van der Waals surface area contributed by atoms with Crippen LogP contribution in [0.5, 0.6) is 0 Å². The fourth-order valence-corrected chi connectivity index (χ4v) is 8.27. The molecule has 11 rings (SSSR count). The SMILES string of the molecule is C#C/C=C\C=C(/C)c1cccc(-n2c3ccccc3c3cccc(-c4nc(-c5ccc6c(c5)oc5ccccc56)nc(-c5cccc6oc7ccccc7c56)n4)c32)c1. The van der Waals surface area contributed by atoms with Gasteiger partial charge in [-0.15, -0.1) is 6.42 Å². The first-order valence-electron chi connectivity index (χ1n) is 19.1. The fourth-order valence-electron chi connectivity index (χ4n) is 8.27. The molecule has 272 valence electrons. The molecule has 0 spiro atoms. The van der Waals surface area contributed by atoms with Gasteiger partial charge in [0, 0.05) is 54.7 Å². The molecule has 6 nitrogen and oxygen atoms in total. The van der Waals surface area contributed by atoms with Crippen LogP contribution in [0.4, 0.5) is 0 Å². The zero-order valence-electron chi connectivity index (χ0n) is 31.3. The summed E-state index contributed by atoms with van der Waals surface area (Å²) in [7, 11) is 0. The van der Waals surface area contributed by atoms with Crippen molar-refractivity contribution in [3.8, 4) is 52.2 Å². The van der Waals surface area contributed by atoms with Crippen LogP contribution in [0.2, 0.25) is 0 Å². The molecular formula is C52H32N4O2. The van der Waals surface area contributed by atoms with Gasteiger partial charge in [0.25, 0.3) is 0 Å². The Kier molecular flexibility index (Phi) is 7.66. The largest absolute Gasteiger partial charge is 0.456 e. The number of terminal acetylenes is 1. The highest BCUT2D eigenvalue weighted by atomic mass is 16.3. The summed E-state index contributed by atoms with van der Waals surface area (Å²) < 4.78 is 15.0. The molecule has 0 saturated heterocycles. The molecule has 0 aliphatic carbocycles. The van der Waals surface area contributed by atoms with Crippen LogP contribution in [0.3, 0.4) is 0 Å². The van der Waals surface area contributed by atoms with E-state index in [2.05, 4.69) is 114 Å². The molecule has 0 bridgehead atoms.